The van der Waals surface area contributed by atoms with E-state index in [1.54, 1.807) is 6.07 Å². The van der Waals surface area contributed by atoms with Gasteiger partial charge in [0.1, 0.15) is 5.76 Å². The number of aliphatic hydroxyl groups is 1. The Balaban J connectivity index is 2.21. The number of aromatic hydroxyl groups is 1. The molecule has 9 heteroatoms. The molecule has 2 aromatic carbocycles. The summed E-state index contributed by atoms with van der Waals surface area (Å²) in [6.07, 6.45) is 0.558. The molecular formula is C21H20N2O7. The van der Waals surface area contributed by atoms with E-state index in [4.69, 9.17) is 4.74 Å². The van der Waals surface area contributed by atoms with Gasteiger partial charge in [0.05, 0.1) is 23.6 Å². The highest BCUT2D eigenvalue weighted by Crippen LogP contribution is 2.41. The molecule has 0 radical (unpaired) electrons. The molecule has 2 N–H and O–H groups in total. The summed E-state index contributed by atoms with van der Waals surface area (Å²) in [6, 6.07) is 8.65. The number of aliphatic hydroxyl groups excluding tert-OH is 1. The van der Waals surface area contributed by atoms with Crippen molar-refractivity contribution in [1.82, 2.24) is 4.90 Å². The van der Waals surface area contributed by atoms with Crippen molar-refractivity contribution in [3.63, 3.8) is 0 Å². The van der Waals surface area contributed by atoms with E-state index in [0.717, 1.165) is 6.07 Å². The quantitative estimate of drug-likeness (QED) is 0.245. The van der Waals surface area contributed by atoms with Gasteiger partial charge in [-0.1, -0.05) is 25.1 Å². The highest BCUT2D eigenvalue weighted by atomic mass is 16.6. The molecule has 1 unspecified atom stereocenters. The van der Waals surface area contributed by atoms with Gasteiger partial charge in [0.2, 0.25) is 0 Å². The van der Waals surface area contributed by atoms with Crippen molar-refractivity contribution in [3.8, 4) is 11.5 Å². The highest BCUT2D eigenvalue weighted by Gasteiger charge is 2.45. The predicted molar refractivity (Wildman–Crippen MR) is 107 cm³/mol. The molecule has 0 aromatic heterocycles. The van der Waals surface area contributed by atoms with Crippen LogP contribution in [0.2, 0.25) is 0 Å². The Hall–Kier alpha value is -3.88. The molecule has 1 fully saturated rings. The lowest BCUT2D eigenvalue weighted by Crippen LogP contribution is -2.30. The maximum absolute atomic E-state index is 12.8. The number of methoxy groups -OCH3 is 1. The van der Waals surface area contributed by atoms with Crippen LogP contribution in [0.25, 0.3) is 5.76 Å². The van der Waals surface area contributed by atoms with Crippen molar-refractivity contribution in [2.45, 2.75) is 19.4 Å². The summed E-state index contributed by atoms with van der Waals surface area (Å²) in [7, 11) is 1.39. The molecule has 0 bridgehead atoms. The maximum Gasteiger partial charge on any atom is 0.295 e. The average molecular weight is 412 g/mol. The average Bonchev–Trinajstić information content (AvgIpc) is 2.98. The Labute approximate surface area is 172 Å². The van der Waals surface area contributed by atoms with Gasteiger partial charge in [-0.15, -0.1) is 0 Å². The van der Waals surface area contributed by atoms with Crippen LogP contribution in [0.1, 0.15) is 30.5 Å². The van der Waals surface area contributed by atoms with Crippen LogP contribution >= 0.6 is 0 Å². The number of Topliss-reactive ketones (excluding diaryl/α,β-unsaturated/α-hetero) is 1. The first-order valence-corrected chi connectivity index (χ1v) is 9.20. The Kier molecular flexibility index (Phi) is 5.72. The van der Waals surface area contributed by atoms with Crippen molar-refractivity contribution in [2.24, 2.45) is 0 Å². The number of benzene rings is 2. The maximum atomic E-state index is 12.8. The summed E-state index contributed by atoms with van der Waals surface area (Å²) < 4.78 is 5.04. The third-order valence-corrected chi connectivity index (χ3v) is 4.85. The van der Waals surface area contributed by atoms with Crippen LogP contribution in [0.4, 0.5) is 5.69 Å². The molecule has 9 nitrogen and oxygen atoms in total. The van der Waals surface area contributed by atoms with Gasteiger partial charge < -0.3 is 19.8 Å². The molecule has 0 saturated carbocycles. The number of phenols is 1. The summed E-state index contributed by atoms with van der Waals surface area (Å²) in [6.45, 7) is 2.08. The molecule has 1 aliphatic heterocycles. The van der Waals surface area contributed by atoms with Crippen molar-refractivity contribution in [2.75, 3.05) is 13.7 Å². The predicted octanol–water partition coefficient (Wildman–Crippen LogP) is 3.14. The van der Waals surface area contributed by atoms with Gasteiger partial charge >= 0.3 is 0 Å². The third-order valence-electron chi connectivity index (χ3n) is 4.85. The standard InChI is InChI=1S/C21H20N2O7/c1-3-9-22-18(12-7-8-16(30-2)15(24)11-12)17(20(26)21(22)27)19(25)13-5-4-6-14(10-13)23(28)29/h4-8,10-11,18,24-25H,3,9H2,1-2H3/b19-17-. The lowest BCUT2D eigenvalue weighted by atomic mass is 9.95. The van der Waals surface area contributed by atoms with E-state index >= 15 is 0 Å². The van der Waals surface area contributed by atoms with E-state index in [1.807, 2.05) is 6.92 Å². The monoisotopic (exact) mass is 412 g/mol. The fourth-order valence-corrected chi connectivity index (χ4v) is 3.50. The van der Waals surface area contributed by atoms with E-state index < -0.39 is 28.4 Å². The van der Waals surface area contributed by atoms with Crippen LogP contribution in [0, 0.1) is 10.1 Å². The van der Waals surface area contributed by atoms with Gasteiger partial charge in [0.25, 0.3) is 17.4 Å². The van der Waals surface area contributed by atoms with Crippen LogP contribution in [-0.4, -0.2) is 45.4 Å². The number of phenolic OH excluding ortho intramolecular Hbond substituents is 1. The molecule has 0 aliphatic carbocycles. The molecule has 3 rings (SSSR count). The highest BCUT2D eigenvalue weighted by molar-refractivity contribution is 6.46. The lowest BCUT2D eigenvalue weighted by molar-refractivity contribution is -0.384. The number of nitro benzene ring substituents is 1. The summed E-state index contributed by atoms with van der Waals surface area (Å²) in [5.74, 6) is -2.18. The normalized spacial score (nSPS) is 17.9. The van der Waals surface area contributed by atoms with Gasteiger partial charge in [-0.25, -0.2) is 0 Å². The number of nitro groups is 1. The van der Waals surface area contributed by atoms with E-state index in [1.165, 1.54) is 42.3 Å². The van der Waals surface area contributed by atoms with Crippen LogP contribution < -0.4 is 4.74 Å². The second-order valence-corrected chi connectivity index (χ2v) is 6.73. The number of amides is 1. The van der Waals surface area contributed by atoms with Crippen molar-refractivity contribution in [3.05, 3.63) is 69.3 Å². The van der Waals surface area contributed by atoms with Gasteiger partial charge in [0.15, 0.2) is 11.5 Å². The number of non-ortho nitro benzene ring substituents is 1. The summed E-state index contributed by atoms with van der Waals surface area (Å²) in [5, 5.41) is 32.1. The van der Waals surface area contributed by atoms with E-state index in [-0.39, 0.29) is 34.9 Å². The number of ketones is 1. The van der Waals surface area contributed by atoms with Crippen molar-refractivity contribution >= 4 is 23.1 Å². The smallest absolute Gasteiger partial charge is 0.295 e. The minimum absolute atomic E-state index is 0.0430. The minimum Gasteiger partial charge on any atom is -0.507 e. The van der Waals surface area contributed by atoms with E-state index in [0.29, 0.717) is 12.0 Å². The first kappa shape index (κ1) is 20.8. The zero-order chi connectivity index (χ0) is 22.0. The molecule has 1 saturated heterocycles. The molecule has 1 amide bonds. The number of ether oxygens (including phenoxy) is 1. The van der Waals surface area contributed by atoms with Gasteiger partial charge in [0, 0.05) is 24.2 Å². The number of nitrogens with zero attached hydrogens (tertiary/aromatic N) is 2. The van der Waals surface area contributed by atoms with E-state index in [9.17, 15) is 29.9 Å². The molecule has 0 spiro atoms. The zero-order valence-corrected chi connectivity index (χ0v) is 16.4. The van der Waals surface area contributed by atoms with Crippen LogP contribution in [-0.2, 0) is 9.59 Å². The van der Waals surface area contributed by atoms with Gasteiger partial charge in [-0.2, -0.15) is 0 Å². The third kappa shape index (κ3) is 3.57. The number of carbonyl (C=O) groups is 2. The number of hydrogen-bond acceptors (Lipinski definition) is 7. The Morgan fingerprint density at radius 3 is 2.57 bits per heavy atom. The molecule has 2 aromatic rings. The number of likely N-dealkylation sites (tertiary alicyclic amines) is 1. The SMILES string of the molecule is CCCN1C(=O)C(=O)/C(=C(\O)c2cccc([N+](=O)[O-])c2)C1c1ccc(OC)c(O)c1. The fraction of sp³-hybridized carbons (Fsp3) is 0.238. The largest absolute Gasteiger partial charge is 0.507 e. The summed E-state index contributed by atoms with van der Waals surface area (Å²) >= 11 is 0. The topological polar surface area (TPSA) is 130 Å². The molecule has 1 heterocycles. The van der Waals surface area contributed by atoms with Crippen LogP contribution in [0.3, 0.4) is 0 Å². The van der Waals surface area contributed by atoms with Gasteiger partial charge in [-0.05, 0) is 24.1 Å². The number of hydrogen-bond donors (Lipinski definition) is 2. The van der Waals surface area contributed by atoms with Crippen LogP contribution in [0.5, 0.6) is 11.5 Å². The van der Waals surface area contributed by atoms with E-state index in [2.05, 4.69) is 0 Å². The van der Waals surface area contributed by atoms with Crippen molar-refractivity contribution in [1.29, 1.82) is 0 Å². The first-order chi connectivity index (χ1) is 14.3. The Morgan fingerprint density at radius 1 is 1.23 bits per heavy atom. The second kappa shape index (κ2) is 8.24. The number of rotatable bonds is 6. The molecule has 30 heavy (non-hydrogen) atoms. The fourth-order valence-electron chi connectivity index (χ4n) is 3.50. The molecular weight excluding hydrogens is 392 g/mol. The Morgan fingerprint density at radius 2 is 1.97 bits per heavy atom. The molecule has 1 atom stereocenters. The van der Waals surface area contributed by atoms with Crippen molar-refractivity contribution < 1.29 is 29.5 Å². The summed E-state index contributed by atoms with van der Waals surface area (Å²) in [5.41, 5.74) is -0.0200. The zero-order valence-electron chi connectivity index (χ0n) is 16.4. The Bertz CT molecular complexity index is 1060. The van der Waals surface area contributed by atoms with Gasteiger partial charge in [-0.3, -0.25) is 19.7 Å². The molecule has 1 aliphatic rings. The second-order valence-electron chi connectivity index (χ2n) is 6.73. The molecule has 156 valence electrons. The number of carbonyl (C=O) groups excluding carboxylic acids is 2. The first-order valence-electron chi connectivity index (χ1n) is 9.20. The lowest BCUT2D eigenvalue weighted by Gasteiger charge is -2.25. The van der Waals surface area contributed by atoms with Crippen LogP contribution in [0.15, 0.2) is 48.0 Å². The summed E-state index contributed by atoms with van der Waals surface area (Å²) in [4.78, 5) is 37.2. The minimum atomic E-state index is -0.957.